The molecule has 1 rings (SSSR count). The lowest BCUT2D eigenvalue weighted by Crippen LogP contribution is -2.54. The van der Waals surface area contributed by atoms with Crippen molar-refractivity contribution in [2.24, 2.45) is 5.41 Å². The summed E-state index contributed by atoms with van der Waals surface area (Å²) in [6.45, 7) is 10.3. The zero-order chi connectivity index (χ0) is 26.5. The van der Waals surface area contributed by atoms with Gasteiger partial charge in [0.25, 0.3) is 0 Å². The summed E-state index contributed by atoms with van der Waals surface area (Å²) in [5.74, 6) is 0. The smallest absolute Gasteiger partial charge is 0.0472 e. The van der Waals surface area contributed by atoms with Gasteiger partial charge in [-0.25, -0.2) is 0 Å². The van der Waals surface area contributed by atoms with Gasteiger partial charge in [0, 0.05) is 39.5 Å². The Bertz CT molecular complexity index is 550. The molecule has 0 aliphatic carbocycles. The average molecular weight is 518 g/mol. The molecule has 37 heavy (non-hydrogen) atoms. The van der Waals surface area contributed by atoms with Crippen molar-refractivity contribution in [1.82, 2.24) is 5.32 Å². The summed E-state index contributed by atoms with van der Waals surface area (Å²) in [5, 5.41) is 3.48. The number of ether oxygens (including phenoxy) is 2. The Morgan fingerprint density at radius 1 is 0.568 bits per heavy atom. The van der Waals surface area contributed by atoms with Gasteiger partial charge in [0.05, 0.1) is 0 Å². The Labute approximate surface area is 231 Å². The van der Waals surface area contributed by atoms with Crippen molar-refractivity contribution >= 4 is 0 Å². The SMILES string of the molecule is C/C=C/CCCCCCCCOCCC1(CCOCCCCCCC/C=C/C/C=C/CCCC)CNC1. The molecule has 0 spiro atoms. The quantitative estimate of drug-likeness (QED) is 0.0827. The molecule has 3 heteroatoms. The van der Waals surface area contributed by atoms with E-state index in [1.54, 1.807) is 0 Å². The second kappa shape index (κ2) is 26.7. The molecule has 0 amide bonds. The Morgan fingerprint density at radius 2 is 1.05 bits per heavy atom. The van der Waals surface area contributed by atoms with E-state index >= 15 is 0 Å². The number of nitrogens with one attached hydrogen (secondary N) is 1. The van der Waals surface area contributed by atoms with Crippen molar-refractivity contribution in [2.45, 2.75) is 136 Å². The highest BCUT2D eigenvalue weighted by molar-refractivity contribution is 4.93. The summed E-state index contributed by atoms with van der Waals surface area (Å²) < 4.78 is 12.0. The molecule has 0 radical (unpaired) electrons. The average Bonchev–Trinajstić information content (AvgIpc) is 2.89. The lowest BCUT2D eigenvalue weighted by Gasteiger charge is -2.43. The first-order chi connectivity index (χ1) is 18.3. The molecule has 0 bridgehead atoms. The molecule has 216 valence electrons. The predicted molar refractivity (Wildman–Crippen MR) is 163 cm³/mol. The highest BCUT2D eigenvalue weighted by atomic mass is 16.5. The minimum absolute atomic E-state index is 0.422. The van der Waals surface area contributed by atoms with Gasteiger partial charge in [-0.3, -0.25) is 0 Å². The second-order valence-electron chi connectivity index (χ2n) is 11.2. The highest BCUT2D eigenvalue weighted by Crippen LogP contribution is 2.31. The van der Waals surface area contributed by atoms with E-state index in [4.69, 9.17) is 9.47 Å². The highest BCUT2D eigenvalue weighted by Gasteiger charge is 2.35. The molecular weight excluding hydrogens is 454 g/mol. The summed E-state index contributed by atoms with van der Waals surface area (Å²) in [4.78, 5) is 0. The first-order valence-electron chi connectivity index (χ1n) is 16.1. The molecule has 0 unspecified atom stereocenters. The zero-order valence-corrected chi connectivity index (χ0v) is 25.0. The molecule has 1 N–H and O–H groups in total. The van der Waals surface area contributed by atoms with E-state index in [2.05, 4.69) is 55.6 Å². The monoisotopic (exact) mass is 517 g/mol. The van der Waals surface area contributed by atoms with Crippen LogP contribution in [0, 0.1) is 5.41 Å². The van der Waals surface area contributed by atoms with Crippen molar-refractivity contribution < 1.29 is 9.47 Å². The standard InChI is InChI=1S/C34H63NO2/c1-3-5-7-9-11-13-14-15-16-17-19-21-23-25-29-37-31-27-34(32-35-33-34)26-30-36-28-24-22-20-18-12-10-8-6-4-2/h4,6,9,11,14-15,35H,3,5,7-8,10,12-13,16-33H2,1-2H3/b6-4+,11-9+,15-14+. The van der Waals surface area contributed by atoms with Crippen molar-refractivity contribution in [3.05, 3.63) is 36.5 Å². The fourth-order valence-electron chi connectivity index (χ4n) is 4.90. The largest absolute Gasteiger partial charge is 0.381 e. The van der Waals surface area contributed by atoms with E-state index in [0.29, 0.717) is 5.41 Å². The first kappa shape index (κ1) is 34.1. The van der Waals surface area contributed by atoms with Gasteiger partial charge in [-0.05, 0) is 76.5 Å². The molecule has 1 aliphatic rings. The lowest BCUT2D eigenvalue weighted by atomic mass is 9.76. The number of unbranched alkanes of at least 4 members (excludes halogenated alkanes) is 13. The number of hydrogen-bond acceptors (Lipinski definition) is 3. The van der Waals surface area contributed by atoms with Crippen LogP contribution in [0.15, 0.2) is 36.5 Å². The van der Waals surface area contributed by atoms with Gasteiger partial charge in [0.2, 0.25) is 0 Å². The third-order valence-electron chi connectivity index (χ3n) is 7.69. The van der Waals surface area contributed by atoms with Crippen LogP contribution < -0.4 is 5.32 Å². The topological polar surface area (TPSA) is 30.5 Å². The first-order valence-corrected chi connectivity index (χ1v) is 16.1. The summed E-state index contributed by atoms with van der Waals surface area (Å²) in [5.41, 5.74) is 0.422. The molecule has 0 aromatic rings. The molecule has 1 aliphatic heterocycles. The van der Waals surface area contributed by atoms with Crippen molar-refractivity contribution in [1.29, 1.82) is 0 Å². The Balaban J connectivity index is 1.84. The lowest BCUT2D eigenvalue weighted by molar-refractivity contribution is 0.0283. The van der Waals surface area contributed by atoms with E-state index in [-0.39, 0.29) is 0 Å². The molecule has 1 heterocycles. The number of rotatable bonds is 28. The van der Waals surface area contributed by atoms with Crippen LogP contribution in [0.3, 0.4) is 0 Å². The fourth-order valence-corrected chi connectivity index (χ4v) is 4.90. The predicted octanol–water partition coefficient (Wildman–Crippen LogP) is 9.73. The van der Waals surface area contributed by atoms with Crippen molar-refractivity contribution in [3.8, 4) is 0 Å². The molecular formula is C34H63NO2. The normalized spacial score (nSPS) is 15.4. The zero-order valence-electron chi connectivity index (χ0n) is 25.0. The summed E-state index contributed by atoms with van der Waals surface area (Å²) in [6.07, 6.45) is 38.1. The van der Waals surface area contributed by atoms with E-state index < -0.39 is 0 Å². The minimum atomic E-state index is 0.422. The van der Waals surface area contributed by atoms with E-state index in [0.717, 1.165) is 45.9 Å². The molecule has 0 atom stereocenters. The van der Waals surface area contributed by atoms with Crippen LogP contribution in [0.2, 0.25) is 0 Å². The van der Waals surface area contributed by atoms with E-state index in [1.165, 1.54) is 116 Å². The second-order valence-corrected chi connectivity index (χ2v) is 11.2. The maximum Gasteiger partial charge on any atom is 0.0472 e. The number of hydrogen-bond donors (Lipinski definition) is 1. The third kappa shape index (κ3) is 21.7. The minimum Gasteiger partial charge on any atom is -0.381 e. The van der Waals surface area contributed by atoms with Gasteiger partial charge in [0.15, 0.2) is 0 Å². The van der Waals surface area contributed by atoms with Gasteiger partial charge < -0.3 is 14.8 Å². The van der Waals surface area contributed by atoms with Crippen LogP contribution >= 0.6 is 0 Å². The molecule has 1 fully saturated rings. The van der Waals surface area contributed by atoms with Gasteiger partial charge in [-0.1, -0.05) is 101 Å². The van der Waals surface area contributed by atoms with Crippen molar-refractivity contribution in [2.75, 3.05) is 39.5 Å². The molecule has 0 aromatic carbocycles. The van der Waals surface area contributed by atoms with Crippen LogP contribution in [0.4, 0.5) is 0 Å². The molecule has 3 nitrogen and oxygen atoms in total. The van der Waals surface area contributed by atoms with Crippen LogP contribution in [0.5, 0.6) is 0 Å². The maximum absolute atomic E-state index is 6.00. The van der Waals surface area contributed by atoms with Crippen molar-refractivity contribution in [3.63, 3.8) is 0 Å². The van der Waals surface area contributed by atoms with Gasteiger partial charge in [0.1, 0.15) is 0 Å². The van der Waals surface area contributed by atoms with Crippen LogP contribution in [-0.4, -0.2) is 39.5 Å². The van der Waals surface area contributed by atoms with E-state index in [9.17, 15) is 0 Å². The molecule has 0 saturated carbocycles. The molecule has 0 aromatic heterocycles. The Morgan fingerprint density at radius 3 is 1.54 bits per heavy atom. The van der Waals surface area contributed by atoms with Gasteiger partial charge >= 0.3 is 0 Å². The van der Waals surface area contributed by atoms with Gasteiger partial charge in [-0.2, -0.15) is 0 Å². The van der Waals surface area contributed by atoms with Crippen LogP contribution in [-0.2, 0) is 9.47 Å². The molecule has 1 saturated heterocycles. The summed E-state index contributed by atoms with van der Waals surface area (Å²) in [7, 11) is 0. The Kier molecular flexibility index (Phi) is 24.6. The Hall–Kier alpha value is -0.900. The van der Waals surface area contributed by atoms with Crippen LogP contribution in [0.25, 0.3) is 0 Å². The third-order valence-corrected chi connectivity index (χ3v) is 7.69. The number of allylic oxidation sites excluding steroid dienone is 6. The fraction of sp³-hybridized carbons (Fsp3) is 0.824. The summed E-state index contributed by atoms with van der Waals surface area (Å²) in [6, 6.07) is 0. The maximum atomic E-state index is 6.00. The van der Waals surface area contributed by atoms with E-state index in [1.807, 2.05) is 0 Å². The van der Waals surface area contributed by atoms with Gasteiger partial charge in [-0.15, -0.1) is 0 Å². The summed E-state index contributed by atoms with van der Waals surface area (Å²) >= 11 is 0. The van der Waals surface area contributed by atoms with Crippen LogP contribution in [0.1, 0.15) is 136 Å².